The van der Waals surface area contributed by atoms with Crippen LogP contribution in [-0.2, 0) is 6.42 Å². The first-order valence-electron chi connectivity index (χ1n) is 8.35. The van der Waals surface area contributed by atoms with E-state index in [1.165, 1.54) is 0 Å². The molecular formula is C18H22ClN5O. The van der Waals surface area contributed by atoms with Crippen molar-refractivity contribution in [2.45, 2.75) is 13.3 Å². The Hall–Kier alpha value is -2.34. The summed E-state index contributed by atoms with van der Waals surface area (Å²) in [4.78, 5) is 26.8. The van der Waals surface area contributed by atoms with E-state index in [2.05, 4.69) is 21.6 Å². The summed E-state index contributed by atoms with van der Waals surface area (Å²) in [5.41, 5.74) is 2.13. The summed E-state index contributed by atoms with van der Waals surface area (Å²) < 4.78 is 0. The van der Waals surface area contributed by atoms with Crippen LogP contribution in [0.5, 0.6) is 0 Å². The lowest BCUT2D eigenvalue weighted by atomic mass is 10.2. The quantitative estimate of drug-likeness (QED) is 0.602. The third kappa shape index (κ3) is 3.85. The van der Waals surface area contributed by atoms with Gasteiger partial charge in [0, 0.05) is 55.8 Å². The lowest BCUT2D eigenvalue weighted by molar-refractivity contribution is 0.175. The van der Waals surface area contributed by atoms with Crippen LogP contribution in [0.3, 0.4) is 0 Å². The molecule has 2 aliphatic rings. The molecule has 1 aromatic carbocycles. The topological polar surface area (TPSA) is 51.5 Å². The largest absolute Gasteiger partial charge is 0.357 e. The zero-order valence-corrected chi connectivity index (χ0v) is 15.1. The van der Waals surface area contributed by atoms with Crippen LogP contribution in [0.15, 0.2) is 40.6 Å². The number of hydrogen-bond donors (Lipinski definition) is 0. The van der Waals surface area contributed by atoms with Gasteiger partial charge in [-0.1, -0.05) is 11.6 Å². The number of carbonyl (C=O) groups excluding carboxylic acids is 1. The zero-order chi connectivity index (χ0) is 17.8. The Balaban J connectivity index is 1.61. The summed E-state index contributed by atoms with van der Waals surface area (Å²) in [6.07, 6.45) is 4.05. The average molecular weight is 360 g/mol. The number of piperazine rings is 1. The van der Waals surface area contributed by atoms with E-state index in [0.29, 0.717) is 19.6 Å². The maximum Gasteiger partial charge on any atom is 0.324 e. The normalized spacial score (nSPS) is 18.0. The number of hydrogen-bond acceptors (Lipinski definition) is 3. The van der Waals surface area contributed by atoms with Crippen molar-refractivity contribution in [1.29, 1.82) is 0 Å². The van der Waals surface area contributed by atoms with Crippen molar-refractivity contribution in [1.82, 2.24) is 9.80 Å². The third-order valence-electron chi connectivity index (χ3n) is 4.61. The second-order valence-electron chi connectivity index (χ2n) is 6.09. The van der Waals surface area contributed by atoms with Gasteiger partial charge in [0.05, 0.1) is 0 Å². The molecule has 1 aromatic rings. The predicted octanol–water partition coefficient (Wildman–Crippen LogP) is 3.03. The van der Waals surface area contributed by atoms with Gasteiger partial charge in [-0.2, -0.15) is 0 Å². The SMILES string of the molecule is C=N/C=C\N=C(C)N1CCN(C(=O)N2CCc3cc(Cl)ccc32)CC1. The van der Waals surface area contributed by atoms with Crippen molar-refractivity contribution in [2.24, 2.45) is 9.98 Å². The smallest absolute Gasteiger partial charge is 0.324 e. The van der Waals surface area contributed by atoms with Crippen molar-refractivity contribution in [3.8, 4) is 0 Å². The Labute approximate surface area is 153 Å². The Morgan fingerprint density at radius 3 is 2.60 bits per heavy atom. The maximum absolute atomic E-state index is 12.9. The van der Waals surface area contributed by atoms with Crippen LogP contribution >= 0.6 is 11.6 Å². The van der Waals surface area contributed by atoms with E-state index < -0.39 is 0 Å². The molecule has 0 spiro atoms. The van der Waals surface area contributed by atoms with E-state index in [1.807, 2.05) is 34.9 Å². The van der Waals surface area contributed by atoms with Crippen molar-refractivity contribution >= 4 is 35.9 Å². The minimum atomic E-state index is 0.0751. The molecule has 7 heteroatoms. The molecule has 2 heterocycles. The molecule has 0 N–H and O–H groups in total. The number of fused-ring (bicyclic) bond motifs is 1. The number of urea groups is 1. The molecule has 2 aliphatic heterocycles. The Morgan fingerprint density at radius 1 is 1.16 bits per heavy atom. The number of halogens is 1. The molecule has 0 saturated carbocycles. The Bertz CT molecular complexity index is 722. The Kier molecular flexibility index (Phi) is 5.38. The zero-order valence-electron chi connectivity index (χ0n) is 14.4. The number of nitrogens with zero attached hydrogens (tertiary/aromatic N) is 5. The monoisotopic (exact) mass is 359 g/mol. The van der Waals surface area contributed by atoms with E-state index >= 15 is 0 Å². The molecule has 2 amide bonds. The van der Waals surface area contributed by atoms with Crippen LogP contribution < -0.4 is 4.90 Å². The minimum absolute atomic E-state index is 0.0751. The predicted molar refractivity (Wildman–Crippen MR) is 103 cm³/mol. The molecule has 25 heavy (non-hydrogen) atoms. The van der Waals surface area contributed by atoms with E-state index in [0.717, 1.165) is 41.6 Å². The van der Waals surface area contributed by atoms with Gasteiger partial charge in [-0.3, -0.25) is 9.89 Å². The van der Waals surface area contributed by atoms with Gasteiger partial charge in [0.1, 0.15) is 5.84 Å². The first kappa shape index (κ1) is 17.5. The number of anilines is 1. The second-order valence-corrected chi connectivity index (χ2v) is 6.52. The van der Waals surface area contributed by atoms with Crippen LogP contribution in [0.2, 0.25) is 5.02 Å². The van der Waals surface area contributed by atoms with Crippen LogP contribution in [0.25, 0.3) is 0 Å². The van der Waals surface area contributed by atoms with E-state index in [-0.39, 0.29) is 6.03 Å². The lowest BCUT2D eigenvalue weighted by Crippen LogP contribution is -2.53. The van der Waals surface area contributed by atoms with Gasteiger partial charge in [0.2, 0.25) is 0 Å². The molecule has 1 fully saturated rings. The maximum atomic E-state index is 12.9. The van der Waals surface area contributed by atoms with Gasteiger partial charge >= 0.3 is 6.03 Å². The molecule has 0 atom stereocenters. The highest BCUT2D eigenvalue weighted by Gasteiger charge is 2.30. The van der Waals surface area contributed by atoms with Gasteiger partial charge in [-0.25, -0.2) is 9.79 Å². The molecule has 0 aromatic heterocycles. The van der Waals surface area contributed by atoms with Gasteiger partial charge in [0.25, 0.3) is 0 Å². The van der Waals surface area contributed by atoms with E-state index in [9.17, 15) is 4.79 Å². The summed E-state index contributed by atoms with van der Waals surface area (Å²) in [6.45, 7) is 8.99. The molecule has 0 radical (unpaired) electrons. The highest BCUT2D eigenvalue weighted by Crippen LogP contribution is 2.31. The summed E-state index contributed by atoms with van der Waals surface area (Å²) >= 11 is 6.05. The molecular weight excluding hydrogens is 338 g/mol. The fraction of sp³-hybridized carbons (Fsp3) is 0.389. The Morgan fingerprint density at radius 2 is 1.88 bits per heavy atom. The minimum Gasteiger partial charge on any atom is -0.357 e. The number of rotatable bonds is 2. The van der Waals surface area contributed by atoms with Gasteiger partial charge < -0.3 is 9.80 Å². The number of amides is 2. The fourth-order valence-electron chi connectivity index (χ4n) is 3.23. The van der Waals surface area contributed by atoms with Gasteiger partial charge in [-0.15, -0.1) is 0 Å². The highest BCUT2D eigenvalue weighted by molar-refractivity contribution is 6.30. The molecule has 0 aliphatic carbocycles. The first-order chi connectivity index (χ1) is 12.1. The second kappa shape index (κ2) is 7.70. The fourth-order valence-corrected chi connectivity index (χ4v) is 3.43. The number of amidine groups is 1. The van der Waals surface area contributed by atoms with Crippen molar-refractivity contribution in [3.63, 3.8) is 0 Å². The van der Waals surface area contributed by atoms with Crippen molar-refractivity contribution in [2.75, 3.05) is 37.6 Å². The number of benzene rings is 1. The molecule has 0 bridgehead atoms. The highest BCUT2D eigenvalue weighted by atomic mass is 35.5. The molecule has 132 valence electrons. The molecule has 6 nitrogen and oxygen atoms in total. The molecule has 0 unspecified atom stereocenters. The molecule has 1 saturated heterocycles. The van der Waals surface area contributed by atoms with Gasteiger partial charge in [0.15, 0.2) is 0 Å². The summed E-state index contributed by atoms with van der Waals surface area (Å²) in [5, 5.41) is 0.720. The lowest BCUT2D eigenvalue weighted by Gasteiger charge is -2.37. The van der Waals surface area contributed by atoms with Crippen LogP contribution in [-0.4, -0.2) is 61.1 Å². The molecule has 3 rings (SSSR count). The van der Waals surface area contributed by atoms with E-state index in [4.69, 9.17) is 11.6 Å². The van der Waals surface area contributed by atoms with Crippen molar-refractivity contribution < 1.29 is 4.79 Å². The van der Waals surface area contributed by atoms with E-state index in [1.54, 1.807) is 12.4 Å². The van der Waals surface area contributed by atoms with Crippen LogP contribution in [0.1, 0.15) is 12.5 Å². The third-order valence-corrected chi connectivity index (χ3v) is 4.84. The average Bonchev–Trinajstić information content (AvgIpc) is 3.04. The summed E-state index contributed by atoms with van der Waals surface area (Å²) in [6, 6.07) is 5.81. The van der Waals surface area contributed by atoms with Crippen molar-refractivity contribution in [3.05, 3.63) is 41.2 Å². The standard InChI is InChI=1S/C18H22ClN5O/c1-14(21-7-6-20-2)22-9-11-23(12-10-22)18(25)24-8-5-15-13-16(19)3-4-17(15)24/h3-4,6-7,13H,2,5,8-12H2,1H3/b7-6-,21-14?. The summed E-state index contributed by atoms with van der Waals surface area (Å²) in [7, 11) is 0. The number of carbonyl (C=O) groups is 1. The van der Waals surface area contributed by atoms with Gasteiger partial charge in [-0.05, 0) is 43.8 Å². The number of aliphatic imine (C=N–C) groups is 2. The van der Waals surface area contributed by atoms with Crippen LogP contribution in [0.4, 0.5) is 10.5 Å². The van der Waals surface area contributed by atoms with Crippen LogP contribution in [0, 0.1) is 0 Å². The summed E-state index contributed by atoms with van der Waals surface area (Å²) in [5.74, 6) is 0.924. The first-order valence-corrected chi connectivity index (χ1v) is 8.73.